The molecule has 2 aromatic carbocycles. The highest BCUT2D eigenvalue weighted by Gasteiger charge is 2.21. The molecular formula is C32H34Cl2F2N2O4S2+2. The van der Waals surface area contributed by atoms with Crippen LogP contribution in [0, 0.1) is 25.5 Å². The van der Waals surface area contributed by atoms with Crippen LogP contribution in [0.2, 0.25) is 10.0 Å². The van der Waals surface area contributed by atoms with E-state index in [0.717, 1.165) is 21.1 Å². The van der Waals surface area contributed by atoms with E-state index in [-0.39, 0.29) is 49.6 Å². The average molecular weight is 684 g/mol. The summed E-state index contributed by atoms with van der Waals surface area (Å²) in [6.45, 7) is 5.05. The molecule has 0 aliphatic heterocycles. The van der Waals surface area contributed by atoms with Gasteiger partial charge in [-0.2, -0.15) is 9.13 Å². The number of halogens is 4. The zero-order chi connectivity index (χ0) is 31.6. The molecule has 0 amide bonds. The van der Waals surface area contributed by atoms with E-state index in [1.807, 2.05) is 34.0 Å². The number of hydrogen-bond acceptors (Lipinski definition) is 6. The predicted octanol–water partition coefficient (Wildman–Crippen LogP) is 7.12. The molecule has 234 valence electrons. The van der Waals surface area contributed by atoms with E-state index in [1.165, 1.54) is 34.8 Å². The van der Waals surface area contributed by atoms with Crippen molar-refractivity contribution in [2.24, 2.45) is 0 Å². The van der Waals surface area contributed by atoms with Crippen LogP contribution in [0.1, 0.15) is 58.0 Å². The Labute approximate surface area is 273 Å². The van der Waals surface area contributed by atoms with Crippen molar-refractivity contribution < 1.29 is 37.0 Å². The monoisotopic (exact) mass is 682 g/mol. The van der Waals surface area contributed by atoms with Crippen LogP contribution in [-0.2, 0) is 45.0 Å². The van der Waals surface area contributed by atoms with Crippen molar-refractivity contribution in [1.29, 1.82) is 0 Å². The van der Waals surface area contributed by atoms with Gasteiger partial charge < -0.3 is 9.47 Å². The van der Waals surface area contributed by atoms with Gasteiger partial charge in [0.05, 0.1) is 44.1 Å². The molecule has 4 rings (SSSR count). The highest BCUT2D eigenvalue weighted by Crippen LogP contribution is 2.22. The standard InChI is InChI=1S/C32H34Cl2F2N2O4S2/c1-21-29(43-19-37(21)17-23-25(33)7-5-9-27(23)35)13-15-41-31(39)11-3-4-12-32(40)42-16-14-30-22(2)38(20-44-30)18-24-26(34)8-6-10-28(24)36/h5-10,19-20H,3-4,11-18H2,1-2H3/q+2. The van der Waals surface area contributed by atoms with Gasteiger partial charge in [0.15, 0.2) is 24.5 Å². The number of carbonyl (C=O) groups excluding carboxylic acids is 2. The Bertz CT molecular complexity index is 1450. The van der Waals surface area contributed by atoms with Crippen LogP contribution in [0.5, 0.6) is 0 Å². The molecule has 0 fully saturated rings. The average Bonchev–Trinajstić information content (AvgIpc) is 3.51. The summed E-state index contributed by atoms with van der Waals surface area (Å²) < 4.78 is 43.0. The largest absolute Gasteiger partial charge is 0.465 e. The van der Waals surface area contributed by atoms with E-state index < -0.39 is 0 Å². The van der Waals surface area contributed by atoms with Crippen molar-refractivity contribution in [2.45, 2.75) is 65.5 Å². The van der Waals surface area contributed by atoms with E-state index in [1.54, 1.807) is 24.3 Å². The van der Waals surface area contributed by atoms with Gasteiger partial charge in [0.2, 0.25) is 11.0 Å². The molecule has 0 aliphatic rings. The molecule has 0 radical (unpaired) electrons. The van der Waals surface area contributed by atoms with Crippen molar-refractivity contribution in [3.05, 3.63) is 101 Å². The maximum Gasteiger partial charge on any atom is 0.305 e. The van der Waals surface area contributed by atoms with Crippen molar-refractivity contribution in [3.63, 3.8) is 0 Å². The fourth-order valence-corrected chi connectivity index (χ4v) is 7.00. The Morgan fingerprint density at radius 2 is 1.14 bits per heavy atom. The third-order valence-electron chi connectivity index (χ3n) is 7.29. The molecule has 0 bridgehead atoms. The van der Waals surface area contributed by atoms with Crippen LogP contribution in [0.15, 0.2) is 47.4 Å². The summed E-state index contributed by atoms with van der Waals surface area (Å²) in [6, 6.07) is 9.29. The Hall–Kier alpha value is -2.92. The molecule has 44 heavy (non-hydrogen) atoms. The number of unbranched alkanes of at least 4 members (excludes halogenated alkanes) is 1. The van der Waals surface area contributed by atoms with Gasteiger partial charge in [-0.25, -0.2) is 8.78 Å². The molecule has 0 N–H and O–H groups in total. The van der Waals surface area contributed by atoms with Crippen molar-refractivity contribution in [3.8, 4) is 0 Å². The van der Waals surface area contributed by atoms with Gasteiger partial charge in [0.25, 0.3) is 0 Å². The Morgan fingerprint density at radius 3 is 1.52 bits per heavy atom. The molecule has 2 heterocycles. The molecule has 0 atom stereocenters. The van der Waals surface area contributed by atoms with Crippen LogP contribution < -0.4 is 9.13 Å². The first-order chi connectivity index (χ1) is 21.1. The number of carbonyl (C=O) groups is 2. The van der Waals surface area contributed by atoms with Crippen molar-refractivity contribution in [2.75, 3.05) is 13.2 Å². The highest BCUT2D eigenvalue weighted by molar-refractivity contribution is 7.09. The fraction of sp³-hybridized carbons (Fsp3) is 0.375. The van der Waals surface area contributed by atoms with E-state index in [2.05, 4.69) is 0 Å². The number of hydrogen-bond donors (Lipinski definition) is 0. The zero-order valence-corrected chi connectivity index (χ0v) is 27.7. The molecule has 0 unspecified atom stereocenters. The van der Waals surface area contributed by atoms with Gasteiger partial charge in [-0.1, -0.05) is 58.0 Å². The van der Waals surface area contributed by atoms with Gasteiger partial charge in [0, 0.05) is 39.5 Å². The number of ether oxygens (including phenoxy) is 2. The minimum atomic E-state index is -0.341. The van der Waals surface area contributed by atoms with Crippen molar-refractivity contribution >= 4 is 57.8 Å². The summed E-state index contributed by atoms with van der Waals surface area (Å²) in [5.41, 5.74) is 6.66. The van der Waals surface area contributed by atoms with Gasteiger partial charge in [-0.05, 0) is 37.1 Å². The summed E-state index contributed by atoms with van der Waals surface area (Å²) in [5, 5.41) is 0.776. The minimum absolute atomic E-state index is 0.225. The second-order valence-electron chi connectivity index (χ2n) is 10.3. The van der Waals surface area contributed by atoms with Crippen LogP contribution in [0.3, 0.4) is 0 Å². The second-order valence-corrected chi connectivity index (χ2v) is 13.0. The molecule has 4 aromatic rings. The number of rotatable bonds is 15. The number of esters is 2. The Balaban J connectivity index is 1.09. The van der Waals surface area contributed by atoms with Crippen molar-refractivity contribution in [1.82, 2.24) is 0 Å². The maximum atomic E-state index is 14.2. The van der Waals surface area contributed by atoms with Crippen LogP contribution in [0.4, 0.5) is 8.78 Å². The van der Waals surface area contributed by atoms with E-state index in [4.69, 9.17) is 32.7 Å². The topological polar surface area (TPSA) is 60.4 Å². The molecule has 0 saturated carbocycles. The number of thiazole rings is 2. The lowest BCUT2D eigenvalue weighted by molar-refractivity contribution is -0.690. The molecule has 2 aromatic heterocycles. The lowest BCUT2D eigenvalue weighted by Gasteiger charge is -2.05. The summed E-state index contributed by atoms with van der Waals surface area (Å²) in [7, 11) is 0. The lowest BCUT2D eigenvalue weighted by Crippen LogP contribution is -2.35. The van der Waals surface area contributed by atoms with Gasteiger partial charge >= 0.3 is 11.9 Å². The highest BCUT2D eigenvalue weighted by atomic mass is 35.5. The number of nitrogens with zero attached hydrogens (tertiary/aromatic N) is 2. The second kappa shape index (κ2) is 16.4. The molecule has 6 nitrogen and oxygen atoms in total. The Kier molecular flexibility index (Phi) is 12.7. The minimum Gasteiger partial charge on any atom is -0.465 e. The zero-order valence-electron chi connectivity index (χ0n) is 24.5. The first kappa shape index (κ1) is 34.0. The van der Waals surface area contributed by atoms with E-state index >= 15 is 0 Å². The predicted molar refractivity (Wildman–Crippen MR) is 167 cm³/mol. The van der Waals surface area contributed by atoms with Crippen LogP contribution in [0.25, 0.3) is 0 Å². The number of benzene rings is 2. The van der Waals surface area contributed by atoms with E-state index in [0.29, 0.717) is 59.9 Å². The molecule has 0 saturated heterocycles. The maximum absolute atomic E-state index is 14.2. The summed E-state index contributed by atoms with van der Waals surface area (Å²) in [5.74, 6) is -1.30. The molecule has 0 spiro atoms. The van der Waals surface area contributed by atoms with Gasteiger partial charge in [0.1, 0.15) is 11.6 Å². The third kappa shape index (κ3) is 9.30. The molecular weight excluding hydrogens is 649 g/mol. The van der Waals surface area contributed by atoms with Crippen LogP contribution in [-0.4, -0.2) is 25.2 Å². The quantitative estimate of drug-likeness (QED) is 0.0762. The lowest BCUT2D eigenvalue weighted by atomic mass is 10.2. The first-order valence-electron chi connectivity index (χ1n) is 14.2. The smallest absolute Gasteiger partial charge is 0.305 e. The fourth-order valence-electron chi connectivity index (χ4n) is 4.60. The first-order valence-corrected chi connectivity index (χ1v) is 16.8. The summed E-state index contributed by atoms with van der Waals surface area (Å²) in [6.07, 6.45) is 2.63. The molecule has 12 heteroatoms. The summed E-state index contributed by atoms with van der Waals surface area (Å²) >= 11 is 15.4. The SMILES string of the molecule is Cc1c(CCOC(=O)CCCCC(=O)OCCc2sc[n+](Cc3c(F)cccc3Cl)c2C)sc[n+]1Cc1c(F)cccc1Cl. The normalized spacial score (nSPS) is 11.1. The summed E-state index contributed by atoms with van der Waals surface area (Å²) in [4.78, 5) is 26.5. The van der Waals surface area contributed by atoms with Gasteiger partial charge in [-0.3, -0.25) is 9.59 Å². The molecule has 0 aliphatic carbocycles. The Morgan fingerprint density at radius 1 is 0.727 bits per heavy atom. The third-order valence-corrected chi connectivity index (χ3v) is 10.3. The van der Waals surface area contributed by atoms with Crippen LogP contribution >= 0.6 is 45.9 Å². The van der Waals surface area contributed by atoms with Gasteiger partial charge in [-0.15, -0.1) is 0 Å². The van der Waals surface area contributed by atoms with E-state index in [9.17, 15) is 18.4 Å². The number of aromatic nitrogens is 2.